The molecular weight excluding hydrogens is 204 g/mol. The van der Waals surface area contributed by atoms with Crippen molar-refractivity contribution in [3.63, 3.8) is 0 Å². The summed E-state index contributed by atoms with van der Waals surface area (Å²) in [6.45, 7) is 0. The number of aromatic amines is 1. The van der Waals surface area contributed by atoms with Crippen LogP contribution >= 0.6 is 0 Å². The normalized spacial score (nSPS) is 10.1. The lowest BCUT2D eigenvalue weighted by Crippen LogP contribution is -2.03. The van der Waals surface area contributed by atoms with Crippen LogP contribution < -0.4 is 15.9 Å². The molecule has 0 radical (unpaired) electrons. The van der Waals surface area contributed by atoms with Crippen molar-refractivity contribution in [2.45, 2.75) is 0 Å². The number of nitrogens with one attached hydrogen (secondary N) is 1. The summed E-state index contributed by atoms with van der Waals surface area (Å²) in [6.07, 6.45) is 0. The molecule has 82 valence electrons. The maximum absolute atomic E-state index is 11.3. The molecule has 1 heterocycles. The van der Waals surface area contributed by atoms with Gasteiger partial charge in [0.1, 0.15) is 11.6 Å². The molecule has 0 atom stereocenters. The van der Waals surface area contributed by atoms with Crippen LogP contribution in [-0.2, 0) is 0 Å². The minimum Gasteiger partial charge on any atom is -0.497 e. The zero-order chi connectivity index (χ0) is 11.5. The van der Waals surface area contributed by atoms with Gasteiger partial charge in [0.15, 0.2) is 5.43 Å². The zero-order valence-corrected chi connectivity index (χ0v) is 8.86. The second kappa shape index (κ2) is 4.10. The van der Waals surface area contributed by atoms with Crippen LogP contribution in [0.2, 0.25) is 0 Å². The number of pyridine rings is 1. The average Bonchev–Trinajstić information content (AvgIpc) is 2.28. The van der Waals surface area contributed by atoms with Crippen LogP contribution in [0.1, 0.15) is 0 Å². The third kappa shape index (κ3) is 2.06. The van der Waals surface area contributed by atoms with Gasteiger partial charge in [0, 0.05) is 12.1 Å². The van der Waals surface area contributed by atoms with Gasteiger partial charge in [-0.05, 0) is 29.8 Å². The van der Waals surface area contributed by atoms with E-state index >= 15 is 0 Å². The summed E-state index contributed by atoms with van der Waals surface area (Å²) in [5, 5.41) is 0. The van der Waals surface area contributed by atoms with E-state index in [2.05, 4.69) is 4.98 Å². The lowest BCUT2D eigenvalue weighted by Gasteiger charge is -2.04. The summed E-state index contributed by atoms with van der Waals surface area (Å²) in [5.41, 5.74) is 7.06. The number of rotatable bonds is 2. The van der Waals surface area contributed by atoms with Gasteiger partial charge >= 0.3 is 0 Å². The lowest BCUT2D eigenvalue weighted by atomic mass is 10.1. The molecule has 4 nitrogen and oxygen atoms in total. The highest BCUT2D eigenvalue weighted by Gasteiger charge is 2.00. The molecule has 3 N–H and O–H groups in total. The molecule has 0 aliphatic carbocycles. The molecule has 1 aromatic carbocycles. The van der Waals surface area contributed by atoms with Crippen molar-refractivity contribution in [3.05, 3.63) is 46.6 Å². The number of aromatic nitrogens is 1. The van der Waals surface area contributed by atoms with Gasteiger partial charge in [0.25, 0.3) is 0 Å². The van der Waals surface area contributed by atoms with Crippen molar-refractivity contribution in [1.82, 2.24) is 4.98 Å². The Morgan fingerprint density at radius 2 is 1.88 bits per heavy atom. The van der Waals surface area contributed by atoms with Crippen molar-refractivity contribution >= 4 is 5.82 Å². The molecular formula is C12H12N2O2. The summed E-state index contributed by atoms with van der Waals surface area (Å²) in [6, 6.07) is 10.3. The summed E-state index contributed by atoms with van der Waals surface area (Å²) in [4.78, 5) is 14.2. The standard InChI is InChI=1S/C12H12N2O2/c1-16-10-4-2-8(3-5-10)11-6-9(15)7-12(13)14-11/h2-7H,1H3,(H3,13,14,15). The topological polar surface area (TPSA) is 68.1 Å². The van der Waals surface area contributed by atoms with E-state index < -0.39 is 0 Å². The van der Waals surface area contributed by atoms with Gasteiger partial charge in [-0.1, -0.05) is 0 Å². The molecule has 0 spiro atoms. The number of benzene rings is 1. The Morgan fingerprint density at radius 3 is 2.44 bits per heavy atom. The summed E-state index contributed by atoms with van der Waals surface area (Å²) >= 11 is 0. The second-order valence-corrected chi connectivity index (χ2v) is 3.41. The molecule has 16 heavy (non-hydrogen) atoms. The third-order valence-electron chi connectivity index (χ3n) is 2.26. The largest absolute Gasteiger partial charge is 0.497 e. The predicted molar refractivity (Wildman–Crippen MR) is 63.5 cm³/mol. The molecule has 4 heteroatoms. The van der Waals surface area contributed by atoms with Gasteiger partial charge in [0.2, 0.25) is 0 Å². The number of H-pyrrole nitrogens is 1. The first-order valence-corrected chi connectivity index (χ1v) is 4.83. The highest BCUT2D eigenvalue weighted by Crippen LogP contribution is 2.19. The number of nitrogen functional groups attached to an aromatic ring is 1. The fraction of sp³-hybridized carbons (Fsp3) is 0.0833. The molecule has 2 rings (SSSR count). The molecule has 0 saturated carbocycles. The molecule has 0 aliphatic heterocycles. The number of hydrogen-bond acceptors (Lipinski definition) is 3. The Labute approximate surface area is 92.7 Å². The molecule has 0 amide bonds. The van der Waals surface area contributed by atoms with E-state index in [4.69, 9.17) is 10.5 Å². The van der Waals surface area contributed by atoms with E-state index in [9.17, 15) is 4.79 Å². The lowest BCUT2D eigenvalue weighted by molar-refractivity contribution is 0.415. The quantitative estimate of drug-likeness (QED) is 0.801. The summed E-state index contributed by atoms with van der Waals surface area (Å²) in [5.74, 6) is 1.13. The minimum absolute atomic E-state index is 0.109. The van der Waals surface area contributed by atoms with Crippen LogP contribution in [0.4, 0.5) is 5.82 Å². The minimum atomic E-state index is -0.109. The Morgan fingerprint density at radius 1 is 1.19 bits per heavy atom. The summed E-state index contributed by atoms with van der Waals surface area (Å²) < 4.78 is 5.06. The molecule has 0 fully saturated rings. The number of methoxy groups -OCH3 is 1. The van der Waals surface area contributed by atoms with E-state index in [1.54, 1.807) is 7.11 Å². The van der Waals surface area contributed by atoms with Gasteiger partial charge in [-0.2, -0.15) is 0 Å². The highest BCUT2D eigenvalue weighted by molar-refractivity contribution is 5.61. The molecule has 0 saturated heterocycles. The SMILES string of the molecule is COc1ccc(-c2cc(=O)cc(N)[nH]2)cc1. The highest BCUT2D eigenvalue weighted by atomic mass is 16.5. The van der Waals surface area contributed by atoms with Crippen molar-refractivity contribution in [1.29, 1.82) is 0 Å². The van der Waals surface area contributed by atoms with Gasteiger partial charge in [-0.3, -0.25) is 4.79 Å². The Balaban J connectivity index is 2.46. The molecule has 0 aliphatic rings. The van der Waals surface area contributed by atoms with Gasteiger partial charge in [-0.15, -0.1) is 0 Å². The summed E-state index contributed by atoms with van der Waals surface area (Å²) in [7, 11) is 1.61. The van der Waals surface area contributed by atoms with Crippen LogP contribution in [0.25, 0.3) is 11.3 Å². The Hall–Kier alpha value is -2.23. The predicted octanol–water partition coefficient (Wildman–Crippen LogP) is 1.63. The fourth-order valence-corrected chi connectivity index (χ4v) is 1.49. The van der Waals surface area contributed by atoms with Crippen LogP contribution in [0.3, 0.4) is 0 Å². The smallest absolute Gasteiger partial charge is 0.184 e. The number of hydrogen-bond donors (Lipinski definition) is 2. The number of anilines is 1. The van der Waals surface area contributed by atoms with E-state index in [0.29, 0.717) is 11.5 Å². The molecule has 0 bridgehead atoms. The van der Waals surface area contributed by atoms with Crippen LogP contribution in [0.15, 0.2) is 41.2 Å². The molecule has 1 aromatic heterocycles. The van der Waals surface area contributed by atoms with Gasteiger partial charge < -0.3 is 15.5 Å². The first-order valence-electron chi connectivity index (χ1n) is 4.83. The average molecular weight is 216 g/mol. The van der Waals surface area contributed by atoms with E-state index in [1.807, 2.05) is 24.3 Å². The first-order chi connectivity index (χ1) is 7.69. The number of nitrogens with two attached hydrogens (primary N) is 1. The third-order valence-corrected chi connectivity index (χ3v) is 2.26. The fourth-order valence-electron chi connectivity index (χ4n) is 1.49. The molecule has 0 unspecified atom stereocenters. The first kappa shape index (κ1) is 10.3. The van der Waals surface area contributed by atoms with Crippen molar-refractivity contribution < 1.29 is 4.74 Å². The monoisotopic (exact) mass is 216 g/mol. The van der Waals surface area contributed by atoms with Crippen molar-refractivity contribution in [3.8, 4) is 17.0 Å². The Kier molecular flexibility index (Phi) is 2.64. The maximum Gasteiger partial charge on any atom is 0.184 e. The van der Waals surface area contributed by atoms with Gasteiger partial charge in [-0.25, -0.2) is 0 Å². The zero-order valence-electron chi connectivity index (χ0n) is 8.86. The van der Waals surface area contributed by atoms with E-state index in [1.165, 1.54) is 12.1 Å². The van der Waals surface area contributed by atoms with Crippen molar-refractivity contribution in [2.75, 3.05) is 12.8 Å². The number of ether oxygens (including phenoxy) is 1. The van der Waals surface area contributed by atoms with E-state index in [0.717, 1.165) is 11.3 Å². The second-order valence-electron chi connectivity index (χ2n) is 3.41. The van der Waals surface area contributed by atoms with Crippen molar-refractivity contribution in [2.24, 2.45) is 0 Å². The van der Waals surface area contributed by atoms with E-state index in [-0.39, 0.29) is 5.43 Å². The Bertz CT molecular complexity index is 544. The van der Waals surface area contributed by atoms with Crippen LogP contribution in [0.5, 0.6) is 5.75 Å². The maximum atomic E-state index is 11.3. The van der Waals surface area contributed by atoms with Crippen LogP contribution in [-0.4, -0.2) is 12.1 Å². The van der Waals surface area contributed by atoms with Gasteiger partial charge in [0.05, 0.1) is 12.8 Å². The molecule has 2 aromatic rings. The van der Waals surface area contributed by atoms with Crippen LogP contribution in [0, 0.1) is 0 Å².